The zero-order chi connectivity index (χ0) is 10.6. The van der Waals surface area contributed by atoms with Gasteiger partial charge in [0.2, 0.25) is 0 Å². The zero-order valence-corrected chi connectivity index (χ0v) is 9.60. The molecule has 4 heteroatoms. The molecule has 0 aliphatic rings. The van der Waals surface area contributed by atoms with E-state index in [0.29, 0.717) is 5.88 Å². The number of nitrogens with one attached hydrogen (secondary N) is 1. The van der Waals surface area contributed by atoms with Crippen LogP contribution in [-0.2, 0) is 0 Å². The van der Waals surface area contributed by atoms with Crippen LogP contribution in [0, 0.1) is 13.8 Å². The van der Waals surface area contributed by atoms with Gasteiger partial charge in [0, 0.05) is 23.7 Å². The predicted octanol–water partition coefficient (Wildman–Crippen LogP) is 2.52. The summed E-state index contributed by atoms with van der Waals surface area (Å²) in [5, 5.41) is 3.28. The highest BCUT2D eigenvalue weighted by Crippen LogP contribution is 2.09. The van der Waals surface area contributed by atoms with Crippen molar-refractivity contribution in [3.63, 3.8) is 0 Å². The number of halogens is 1. The smallest absolute Gasteiger partial charge is 0.130 e. The molecule has 78 valence electrons. The van der Waals surface area contributed by atoms with E-state index in [4.69, 9.17) is 11.6 Å². The van der Waals surface area contributed by atoms with Crippen LogP contribution in [0.5, 0.6) is 0 Å². The fourth-order valence-electron chi connectivity index (χ4n) is 1.25. The molecule has 0 spiro atoms. The summed E-state index contributed by atoms with van der Waals surface area (Å²) in [6, 6.07) is 2.22. The third-order valence-corrected chi connectivity index (χ3v) is 2.37. The molecule has 1 atom stereocenters. The van der Waals surface area contributed by atoms with Crippen molar-refractivity contribution >= 4 is 17.4 Å². The van der Waals surface area contributed by atoms with Crippen molar-refractivity contribution in [3.8, 4) is 0 Å². The first kappa shape index (κ1) is 11.2. The lowest BCUT2D eigenvalue weighted by Crippen LogP contribution is -2.21. The van der Waals surface area contributed by atoms with E-state index in [-0.39, 0.29) is 6.04 Å². The first-order chi connectivity index (χ1) is 6.65. The number of aromatic nitrogens is 2. The van der Waals surface area contributed by atoms with E-state index >= 15 is 0 Å². The first-order valence-corrected chi connectivity index (χ1v) is 5.34. The number of nitrogens with zero attached hydrogens (tertiary/aromatic N) is 2. The van der Waals surface area contributed by atoms with E-state index in [1.807, 2.05) is 19.9 Å². The second kappa shape index (κ2) is 5.15. The van der Waals surface area contributed by atoms with Crippen LogP contribution in [0.4, 0.5) is 5.82 Å². The molecule has 0 saturated heterocycles. The van der Waals surface area contributed by atoms with E-state index < -0.39 is 0 Å². The molecule has 0 aliphatic heterocycles. The van der Waals surface area contributed by atoms with Crippen molar-refractivity contribution in [1.82, 2.24) is 9.97 Å². The molecule has 14 heavy (non-hydrogen) atoms. The van der Waals surface area contributed by atoms with E-state index in [2.05, 4.69) is 22.2 Å². The van der Waals surface area contributed by atoms with Gasteiger partial charge in [0.1, 0.15) is 11.6 Å². The van der Waals surface area contributed by atoms with Gasteiger partial charge in [0.05, 0.1) is 0 Å². The van der Waals surface area contributed by atoms with Crippen molar-refractivity contribution in [2.45, 2.75) is 33.2 Å². The molecular formula is C10H16ClN3. The van der Waals surface area contributed by atoms with Gasteiger partial charge in [-0.3, -0.25) is 0 Å². The zero-order valence-electron chi connectivity index (χ0n) is 8.84. The summed E-state index contributed by atoms with van der Waals surface area (Å²) in [7, 11) is 0. The Kier molecular flexibility index (Phi) is 4.14. The van der Waals surface area contributed by atoms with E-state index in [9.17, 15) is 0 Å². The van der Waals surface area contributed by atoms with E-state index in [1.165, 1.54) is 0 Å². The number of hydrogen-bond acceptors (Lipinski definition) is 3. The van der Waals surface area contributed by atoms with Gasteiger partial charge in [-0.1, -0.05) is 6.92 Å². The monoisotopic (exact) mass is 213 g/mol. The maximum absolute atomic E-state index is 5.79. The second-order valence-corrected chi connectivity index (χ2v) is 3.65. The highest BCUT2D eigenvalue weighted by atomic mass is 35.5. The number of anilines is 1. The maximum Gasteiger partial charge on any atom is 0.130 e. The lowest BCUT2D eigenvalue weighted by molar-refractivity contribution is 0.762. The topological polar surface area (TPSA) is 37.8 Å². The van der Waals surface area contributed by atoms with Crippen molar-refractivity contribution in [3.05, 3.63) is 17.6 Å². The second-order valence-electron chi connectivity index (χ2n) is 3.35. The lowest BCUT2D eigenvalue weighted by atomic mass is 10.2. The van der Waals surface area contributed by atoms with Gasteiger partial charge in [0.15, 0.2) is 0 Å². The van der Waals surface area contributed by atoms with Gasteiger partial charge in [-0.05, 0) is 20.3 Å². The Hall–Kier alpha value is -0.830. The Morgan fingerprint density at radius 2 is 2.14 bits per heavy atom. The summed E-state index contributed by atoms with van der Waals surface area (Å²) < 4.78 is 0. The van der Waals surface area contributed by atoms with Gasteiger partial charge in [-0.15, -0.1) is 11.6 Å². The third kappa shape index (κ3) is 3.14. The largest absolute Gasteiger partial charge is 0.366 e. The highest BCUT2D eigenvalue weighted by Gasteiger charge is 2.05. The van der Waals surface area contributed by atoms with Gasteiger partial charge in [-0.2, -0.15) is 0 Å². The fraction of sp³-hybridized carbons (Fsp3) is 0.600. The van der Waals surface area contributed by atoms with Crippen molar-refractivity contribution in [1.29, 1.82) is 0 Å². The van der Waals surface area contributed by atoms with Crippen LogP contribution in [0.2, 0.25) is 0 Å². The van der Waals surface area contributed by atoms with Crippen LogP contribution in [0.25, 0.3) is 0 Å². The van der Waals surface area contributed by atoms with Crippen LogP contribution in [0.15, 0.2) is 6.07 Å². The molecule has 3 nitrogen and oxygen atoms in total. The molecule has 0 fully saturated rings. The minimum absolute atomic E-state index is 0.283. The maximum atomic E-state index is 5.79. The third-order valence-electron chi connectivity index (χ3n) is 2.00. The van der Waals surface area contributed by atoms with Crippen LogP contribution in [-0.4, -0.2) is 21.9 Å². The molecule has 1 N–H and O–H groups in total. The Morgan fingerprint density at radius 3 is 2.64 bits per heavy atom. The van der Waals surface area contributed by atoms with Crippen molar-refractivity contribution < 1.29 is 0 Å². The molecule has 1 rings (SSSR count). The minimum atomic E-state index is 0.283. The normalized spacial score (nSPS) is 12.6. The summed E-state index contributed by atoms with van der Waals surface area (Å²) in [6.45, 7) is 5.95. The van der Waals surface area contributed by atoms with Gasteiger partial charge < -0.3 is 5.32 Å². The first-order valence-electron chi connectivity index (χ1n) is 4.80. The fourth-order valence-corrected chi connectivity index (χ4v) is 1.55. The van der Waals surface area contributed by atoms with Crippen LogP contribution < -0.4 is 5.32 Å². The Bertz CT molecular complexity index is 277. The molecule has 0 aromatic carbocycles. The average Bonchev–Trinajstić information content (AvgIpc) is 2.12. The number of hydrogen-bond donors (Lipinski definition) is 1. The summed E-state index contributed by atoms with van der Waals surface area (Å²) in [6.07, 6.45) is 0.992. The molecule has 1 aromatic rings. The Balaban J connectivity index is 2.75. The molecule has 1 heterocycles. The molecule has 0 radical (unpaired) electrons. The number of alkyl halides is 1. The van der Waals surface area contributed by atoms with Crippen molar-refractivity contribution in [2.24, 2.45) is 0 Å². The summed E-state index contributed by atoms with van der Waals surface area (Å²) in [5.74, 6) is 2.25. The molecule has 0 amide bonds. The van der Waals surface area contributed by atoms with Crippen LogP contribution in [0.1, 0.15) is 24.9 Å². The molecular weight excluding hydrogens is 198 g/mol. The number of rotatable bonds is 4. The Morgan fingerprint density at radius 1 is 1.43 bits per heavy atom. The van der Waals surface area contributed by atoms with Gasteiger partial charge in [0.25, 0.3) is 0 Å². The molecule has 0 bridgehead atoms. The van der Waals surface area contributed by atoms with Crippen LogP contribution >= 0.6 is 11.6 Å². The minimum Gasteiger partial charge on any atom is -0.366 e. The van der Waals surface area contributed by atoms with E-state index in [0.717, 1.165) is 23.8 Å². The Labute approximate surface area is 89.9 Å². The van der Waals surface area contributed by atoms with Crippen LogP contribution in [0.3, 0.4) is 0 Å². The molecule has 1 unspecified atom stereocenters. The SMILES string of the molecule is CCC(CCl)Nc1cc(C)nc(C)n1. The standard InChI is InChI=1S/C10H16ClN3/c1-4-9(6-11)14-10-5-7(2)12-8(3)13-10/h5,9H,4,6H2,1-3H3,(H,12,13,14). The molecule has 0 aliphatic carbocycles. The molecule has 0 saturated carbocycles. The summed E-state index contributed by atoms with van der Waals surface area (Å²) in [4.78, 5) is 8.50. The predicted molar refractivity (Wildman–Crippen MR) is 59.9 cm³/mol. The summed E-state index contributed by atoms with van der Waals surface area (Å²) in [5.41, 5.74) is 0.976. The number of aryl methyl sites for hydroxylation is 2. The summed E-state index contributed by atoms with van der Waals surface area (Å²) >= 11 is 5.79. The highest BCUT2D eigenvalue weighted by molar-refractivity contribution is 6.18. The molecule has 1 aromatic heterocycles. The van der Waals surface area contributed by atoms with E-state index in [1.54, 1.807) is 0 Å². The quantitative estimate of drug-likeness (QED) is 0.782. The lowest BCUT2D eigenvalue weighted by Gasteiger charge is -2.14. The van der Waals surface area contributed by atoms with Crippen molar-refractivity contribution in [2.75, 3.05) is 11.2 Å². The van der Waals surface area contributed by atoms with Gasteiger partial charge in [-0.25, -0.2) is 9.97 Å². The average molecular weight is 214 g/mol. The van der Waals surface area contributed by atoms with Gasteiger partial charge >= 0.3 is 0 Å².